The molecule has 0 fully saturated rings. The van der Waals surface area contributed by atoms with Crippen molar-refractivity contribution >= 4 is 50.1 Å². The highest BCUT2D eigenvalue weighted by Crippen LogP contribution is 2.37. The van der Waals surface area contributed by atoms with Gasteiger partial charge >= 0.3 is 0 Å². The second kappa shape index (κ2) is 8.51. The zero-order valence-corrected chi connectivity index (χ0v) is 18.8. The highest BCUT2D eigenvalue weighted by molar-refractivity contribution is 9.10. The van der Waals surface area contributed by atoms with Crippen LogP contribution in [0.2, 0.25) is 0 Å². The third-order valence-corrected chi connectivity index (χ3v) is 6.09. The van der Waals surface area contributed by atoms with Crippen LogP contribution in [-0.2, 0) is 16.1 Å². The molecule has 1 unspecified atom stereocenters. The Morgan fingerprint density at radius 3 is 2.52 bits per heavy atom. The predicted molar refractivity (Wildman–Crippen MR) is 124 cm³/mol. The van der Waals surface area contributed by atoms with E-state index >= 15 is 0 Å². The normalized spacial score (nSPS) is 13.4. The molecule has 4 rings (SSSR count). The third-order valence-electron chi connectivity index (χ3n) is 5.60. The maximum Gasteiger partial charge on any atom is 0.259 e. The maximum atomic E-state index is 13.4. The Morgan fingerprint density at radius 2 is 1.81 bits per heavy atom. The summed E-state index contributed by atoms with van der Waals surface area (Å²) in [6, 6.07) is 18.2. The molecule has 0 aliphatic carbocycles. The van der Waals surface area contributed by atoms with Gasteiger partial charge in [-0.25, -0.2) is 0 Å². The minimum absolute atomic E-state index is 0.137. The fourth-order valence-corrected chi connectivity index (χ4v) is 4.43. The molecule has 0 radical (unpaired) electrons. The van der Waals surface area contributed by atoms with Crippen molar-refractivity contribution in [2.75, 3.05) is 18.5 Å². The van der Waals surface area contributed by atoms with Gasteiger partial charge in [-0.3, -0.25) is 19.3 Å². The minimum Gasteiger partial charge on any atom is -0.357 e. The van der Waals surface area contributed by atoms with Crippen molar-refractivity contribution in [2.24, 2.45) is 0 Å². The van der Waals surface area contributed by atoms with Crippen molar-refractivity contribution in [3.63, 3.8) is 0 Å². The Labute approximate surface area is 189 Å². The number of anilines is 1. The number of halogens is 1. The van der Waals surface area contributed by atoms with Gasteiger partial charge in [-0.15, -0.1) is 0 Å². The first-order valence-electron chi connectivity index (χ1n) is 10.00. The number of carbonyl (C=O) groups is 3. The summed E-state index contributed by atoms with van der Waals surface area (Å²) >= 11 is 3.44. The first kappa shape index (κ1) is 21.1. The van der Waals surface area contributed by atoms with Gasteiger partial charge in [-0.05, 0) is 42.1 Å². The highest BCUT2D eigenvalue weighted by atomic mass is 79.9. The van der Waals surface area contributed by atoms with E-state index in [4.69, 9.17) is 0 Å². The van der Waals surface area contributed by atoms with Crippen LogP contribution in [0.15, 0.2) is 65.1 Å². The van der Waals surface area contributed by atoms with Crippen molar-refractivity contribution in [2.45, 2.75) is 19.5 Å². The van der Waals surface area contributed by atoms with Gasteiger partial charge in [0.2, 0.25) is 11.8 Å². The number of nitrogens with one attached hydrogen (secondary N) is 1. The Kier molecular flexibility index (Phi) is 5.78. The molecule has 7 heteroatoms. The van der Waals surface area contributed by atoms with Gasteiger partial charge in [-0.1, -0.05) is 52.3 Å². The van der Waals surface area contributed by atoms with E-state index in [1.807, 2.05) is 54.6 Å². The van der Waals surface area contributed by atoms with E-state index in [2.05, 4.69) is 21.2 Å². The number of benzene rings is 3. The summed E-state index contributed by atoms with van der Waals surface area (Å²) in [5.41, 5.74) is 2.21. The molecule has 3 aromatic rings. The molecule has 6 nitrogen and oxygen atoms in total. The summed E-state index contributed by atoms with van der Waals surface area (Å²) in [6.45, 7) is 1.81. The van der Waals surface area contributed by atoms with Crippen LogP contribution in [0.25, 0.3) is 10.8 Å². The van der Waals surface area contributed by atoms with E-state index in [9.17, 15) is 14.4 Å². The molecule has 3 aromatic carbocycles. The van der Waals surface area contributed by atoms with Gasteiger partial charge in [0.05, 0.1) is 5.69 Å². The predicted octanol–water partition coefficient (Wildman–Crippen LogP) is 3.73. The van der Waals surface area contributed by atoms with Crippen molar-refractivity contribution in [1.82, 2.24) is 10.2 Å². The lowest BCUT2D eigenvalue weighted by atomic mass is 10.1. The highest BCUT2D eigenvalue weighted by Gasteiger charge is 2.34. The lowest BCUT2D eigenvalue weighted by Gasteiger charge is -2.30. The largest absolute Gasteiger partial charge is 0.357 e. The van der Waals surface area contributed by atoms with E-state index in [1.165, 1.54) is 9.80 Å². The Morgan fingerprint density at radius 1 is 1.10 bits per heavy atom. The molecule has 0 saturated heterocycles. The summed E-state index contributed by atoms with van der Waals surface area (Å²) in [4.78, 5) is 41.8. The molecule has 0 saturated carbocycles. The zero-order chi connectivity index (χ0) is 22.1. The van der Waals surface area contributed by atoms with Gasteiger partial charge < -0.3 is 10.2 Å². The van der Waals surface area contributed by atoms with E-state index in [0.717, 1.165) is 26.5 Å². The van der Waals surface area contributed by atoms with E-state index in [1.54, 1.807) is 20.0 Å². The fraction of sp³-hybridized carbons (Fsp3) is 0.208. The SMILES string of the molecule is CNC(=O)C(C)N(Cc1cccc(Br)c1)C(=O)CN1C(=O)c2cccc3cccc1c23. The van der Waals surface area contributed by atoms with E-state index in [-0.39, 0.29) is 30.8 Å². The van der Waals surface area contributed by atoms with Crippen molar-refractivity contribution < 1.29 is 14.4 Å². The van der Waals surface area contributed by atoms with E-state index < -0.39 is 6.04 Å². The van der Waals surface area contributed by atoms with E-state index in [0.29, 0.717) is 5.56 Å². The summed E-state index contributed by atoms with van der Waals surface area (Å²) in [5, 5.41) is 4.43. The molecule has 0 aromatic heterocycles. The summed E-state index contributed by atoms with van der Waals surface area (Å²) in [7, 11) is 1.54. The maximum absolute atomic E-state index is 13.4. The number of carbonyl (C=O) groups excluding carboxylic acids is 3. The van der Waals surface area contributed by atoms with Crippen LogP contribution >= 0.6 is 15.9 Å². The second-order valence-corrected chi connectivity index (χ2v) is 8.43. The van der Waals surface area contributed by atoms with Crippen LogP contribution < -0.4 is 10.2 Å². The lowest BCUT2D eigenvalue weighted by molar-refractivity contribution is -0.139. The number of hydrogen-bond acceptors (Lipinski definition) is 3. The quantitative estimate of drug-likeness (QED) is 0.585. The van der Waals surface area contributed by atoms with Crippen LogP contribution in [0, 0.1) is 0 Å². The molecule has 3 amide bonds. The smallest absolute Gasteiger partial charge is 0.259 e. The van der Waals surface area contributed by atoms with Gasteiger partial charge in [0, 0.05) is 29.0 Å². The monoisotopic (exact) mass is 479 g/mol. The molecule has 1 heterocycles. The number of amides is 3. The first-order valence-corrected chi connectivity index (χ1v) is 10.8. The molecule has 1 atom stereocenters. The van der Waals surface area contributed by atoms with Gasteiger partial charge in [-0.2, -0.15) is 0 Å². The van der Waals surface area contributed by atoms with Crippen LogP contribution in [0.5, 0.6) is 0 Å². The Hall–Kier alpha value is -3.19. The summed E-state index contributed by atoms with van der Waals surface area (Å²) < 4.78 is 0.891. The van der Waals surface area contributed by atoms with Crippen LogP contribution in [0.1, 0.15) is 22.8 Å². The lowest BCUT2D eigenvalue weighted by Crippen LogP contribution is -2.50. The first-order chi connectivity index (χ1) is 14.9. The number of likely N-dealkylation sites (N-methyl/N-ethyl adjacent to an activating group) is 1. The standard InChI is InChI=1S/C24H22BrN3O3/c1-15(23(30)26-2)27(13-16-6-3-9-18(25)12-16)21(29)14-28-20-11-5-8-17-7-4-10-19(22(17)20)24(28)31/h3-12,15H,13-14H2,1-2H3,(H,26,30). The number of nitrogens with zero attached hydrogens (tertiary/aromatic N) is 2. The minimum atomic E-state index is -0.688. The molecular formula is C24H22BrN3O3. The third kappa shape index (κ3) is 3.93. The average Bonchev–Trinajstić information content (AvgIpc) is 3.04. The molecule has 1 aliphatic rings. The molecule has 31 heavy (non-hydrogen) atoms. The number of hydrogen-bond donors (Lipinski definition) is 1. The van der Waals surface area contributed by atoms with Crippen molar-refractivity contribution in [3.8, 4) is 0 Å². The molecule has 0 spiro atoms. The Balaban J connectivity index is 1.64. The van der Waals surface area contributed by atoms with Crippen LogP contribution in [0.4, 0.5) is 5.69 Å². The summed E-state index contributed by atoms with van der Waals surface area (Å²) in [5.74, 6) is -0.758. The Bertz CT molecular complexity index is 1190. The molecule has 0 bridgehead atoms. The van der Waals surface area contributed by atoms with Gasteiger partial charge in [0.15, 0.2) is 0 Å². The van der Waals surface area contributed by atoms with Crippen molar-refractivity contribution in [3.05, 3.63) is 76.3 Å². The molecule has 1 aliphatic heterocycles. The zero-order valence-electron chi connectivity index (χ0n) is 17.3. The second-order valence-electron chi connectivity index (χ2n) is 7.51. The topological polar surface area (TPSA) is 69.7 Å². The molecular weight excluding hydrogens is 458 g/mol. The fourth-order valence-electron chi connectivity index (χ4n) is 3.99. The van der Waals surface area contributed by atoms with Gasteiger partial charge in [0.25, 0.3) is 5.91 Å². The molecule has 1 N–H and O–H groups in total. The van der Waals surface area contributed by atoms with Crippen molar-refractivity contribution in [1.29, 1.82) is 0 Å². The number of rotatable bonds is 6. The van der Waals surface area contributed by atoms with Crippen LogP contribution in [-0.4, -0.2) is 42.3 Å². The summed E-state index contributed by atoms with van der Waals surface area (Å²) in [6.07, 6.45) is 0. The molecule has 158 valence electrons. The van der Waals surface area contributed by atoms with Crippen LogP contribution in [0.3, 0.4) is 0 Å². The average molecular weight is 480 g/mol. The van der Waals surface area contributed by atoms with Gasteiger partial charge in [0.1, 0.15) is 12.6 Å².